The zero-order valence-corrected chi connectivity index (χ0v) is 7.44. The van der Waals surface area contributed by atoms with Gasteiger partial charge in [0.05, 0.1) is 11.6 Å². The van der Waals surface area contributed by atoms with E-state index in [1.54, 1.807) is 6.07 Å². The molecule has 13 heavy (non-hydrogen) atoms. The van der Waals surface area contributed by atoms with Crippen molar-refractivity contribution in [1.29, 1.82) is 5.26 Å². The number of benzene rings is 1. The minimum Gasteiger partial charge on any atom is -0.256 e. The highest BCUT2D eigenvalue weighted by atomic mass is 14.6. The molecule has 0 saturated carbocycles. The lowest BCUT2D eigenvalue weighted by Crippen LogP contribution is -1.73. The molecule has 1 aromatic heterocycles. The second-order valence-electron chi connectivity index (χ2n) is 2.42. The maximum Gasteiger partial charge on any atom is 0.0701 e. The van der Waals surface area contributed by atoms with E-state index in [2.05, 4.69) is 17.1 Å². The van der Waals surface area contributed by atoms with Gasteiger partial charge in [0.2, 0.25) is 0 Å². The molecule has 0 spiro atoms. The topological polar surface area (TPSA) is 36.7 Å². The predicted molar refractivity (Wildman–Crippen MR) is 53.0 cm³/mol. The van der Waals surface area contributed by atoms with E-state index in [-0.39, 0.29) is 0 Å². The van der Waals surface area contributed by atoms with Gasteiger partial charge in [-0.3, -0.25) is 4.98 Å². The lowest BCUT2D eigenvalue weighted by molar-refractivity contribution is 1.41. The average molecular weight is 170 g/mol. The van der Waals surface area contributed by atoms with E-state index < -0.39 is 0 Å². The number of nitrogens with zero attached hydrogens (tertiary/aromatic N) is 2. The molecule has 2 aromatic rings. The quantitative estimate of drug-likeness (QED) is 0.609. The van der Waals surface area contributed by atoms with Crippen LogP contribution in [0.5, 0.6) is 0 Å². The second-order valence-corrected chi connectivity index (χ2v) is 2.42. The van der Waals surface area contributed by atoms with Gasteiger partial charge in [0, 0.05) is 18.5 Å². The largest absolute Gasteiger partial charge is 0.256 e. The average Bonchev–Trinajstić information content (AvgIpc) is 2.19. The zero-order valence-electron chi connectivity index (χ0n) is 7.44. The van der Waals surface area contributed by atoms with Crippen LogP contribution in [0.4, 0.5) is 0 Å². The lowest BCUT2D eigenvalue weighted by atomic mass is 10.2. The van der Waals surface area contributed by atoms with Gasteiger partial charge in [0.25, 0.3) is 0 Å². The van der Waals surface area contributed by atoms with Gasteiger partial charge in [-0.2, -0.15) is 5.26 Å². The summed E-state index contributed by atoms with van der Waals surface area (Å²) >= 11 is 0. The van der Waals surface area contributed by atoms with E-state index in [9.17, 15) is 0 Å². The van der Waals surface area contributed by atoms with Crippen molar-refractivity contribution in [2.45, 2.75) is 6.92 Å². The summed E-state index contributed by atoms with van der Waals surface area (Å²) in [6, 6.07) is 13.8. The summed E-state index contributed by atoms with van der Waals surface area (Å²) in [4.78, 5) is 4.18. The van der Waals surface area contributed by atoms with Crippen LogP contribution < -0.4 is 0 Å². The molecule has 0 atom stereocenters. The van der Waals surface area contributed by atoms with Gasteiger partial charge in [0.15, 0.2) is 0 Å². The van der Waals surface area contributed by atoms with Crippen molar-refractivity contribution in [3.05, 3.63) is 42.6 Å². The van der Waals surface area contributed by atoms with E-state index in [1.165, 1.54) is 12.3 Å². The molecular weight excluding hydrogens is 160 g/mol. The number of aromatic nitrogens is 1. The fourth-order valence-corrected chi connectivity index (χ4v) is 1.02. The molecule has 0 radical (unpaired) electrons. The summed E-state index contributed by atoms with van der Waals surface area (Å²) in [5, 5.41) is 8.52. The summed E-state index contributed by atoms with van der Waals surface area (Å²) in [7, 11) is 0. The molecule has 0 unspecified atom stereocenters. The Kier molecular flexibility index (Phi) is 3.46. The Balaban J connectivity index is 0.000000251. The van der Waals surface area contributed by atoms with Crippen LogP contribution in [0.3, 0.4) is 0 Å². The molecule has 0 N–H and O–H groups in total. The maximum absolute atomic E-state index is 7.32. The van der Waals surface area contributed by atoms with Gasteiger partial charge >= 0.3 is 0 Å². The normalized spacial score (nSPS) is 8.31. The van der Waals surface area contributed by atoms with Crippen molar-refractivity contribution in [3.8, 4) is 6.07 Å². The third-order valence-corrected chi connectivity index (χ3v) is 1.51. The molecule has 0 fully saturated rings. The Bertz CT molecular complexity index is 350. The van der Waals surface area contributed by atoms with Crippen LogP contribution in [0.15, 0.2) is 42.6 Å². The van der Waals surface area contributed by atoms with Gasteiger partial charge in [-0.15, -0.1) is 0 Å². The molecular formula is C11H10N2. The highest BCUT2D eigenvalue weighted by molar-refractivity contribution is 5.77. The van der Waals surface area contributed by atoms with Crippen LogP contribution >= 0.6 is 0 Å². The number of pyridine rings is 1. The van der Waals surface area contributed by atoms with E-state index >= 15 is 0 Å². The Hall–Kier alpha value is -1.88. The van der Waals surface area contributed by atoms with Crippen molar-refractivity contribution in [3.63, 3.8) is 0 Å². The first-order chi connectivity index (χ1) is 6.38. The number of nitriles is 1. The molecule has 0 aliphatic heterocycles. The zero-order chi connectivity index (χ0) is 9.52. The van der Waals surface area contributed by atoms with Crippen LogP contribution in [0, 0.1) is 11.3 Å². The number of hydrogen-bond donors (Lipinski definition) is 0. The van der Waals surface area contributed by atoms with Crippen molar-refractivity contribution in [2.75, 3.05) is 0 Å². The van der Waals surface area contributed by atoms with E-state index in [0.717, 1.165) is 5.52 Å². The molecule has 64 valence electrons. The Morgan fingerprint density at radius 1 is 1.15 bits per heavy atom. The number of rotatable bonds is 0. The highest BCUT2D eigenvalue weighted by Gasteiger charge is 1.86. The maximum atomic E-state index is 7.32. The standard InChI is InChI=1S/C9H7N.C2H3N/c1-2-6-9-8(4-1)5-3-7-10-9;1-2-3/h1-7H;1H3. The highest BCUT2D eigenvalue weighted by Crippen LogP contribution is 2.07. The molecule has 2 nitrogen and oxygen atoms in total. The monoisotopic (exact) mass is 170 g/mol. The molecule has 1 heterocycles. The molecule has 0 saturated heterocycles. The summed E-state index contributed by atoms with van der Waals surface area (Å²) in [5.74, 6) is 0. The Labute approximate surface area is 77.5 Å². The molecule has 0 aliphatic rings. The molecule has 2 rings (SSSR count). The Morgan fingerprint density at radius 2 is 1.77 bits per heavy atom. The Morgan fingerprint density at radius 3 is 2.46 bits per heavy atom. The number of fused-ring (bicyclic) bond motifs is 1. The first kappa shape index (κ1) is 9.21. The smallest absolute Gasteiger partial charge is 0.0701 e. The number of hydrogen-bond acceptors (Lipinski definition) is 2. The summed E-state index contributed by atoms with van der Waals surface area (Å²) in [6.07, 6.45) is 1.81. The van der Waals surface area contributed by atoms with Gasteiger partial charge in [-0.1, -0.05) is 24.3 Å². The fourth-order valence-electron chi connectivity index (χ4n) is 1.02. The SMILES string of the molecule is CC#N.c1ccc2ncccc2c1. The van der Waals surface area contributed by atoms with E-state index in [1.807, 2.05) is 30.5 Å². The van der Waals surface area contributed by atoms with Crippen molar-refractivity contribution < 1.29 is 0 Å². The molecule has 0 amide bonds. The third kappa shape index (κ3) is 2.57. The van der Waals surface area contributed by atoms with Crippen molar-refractivity contribution in [1.82, 2.24) is 4.98 Å². The van der Waals surface area contributed by atoms with Crippen molar-refractivity contribution >= 4 is 10.9 Å². The minimum atomic E-state index is 1.06. The van der Waals surface area contributed by atoms with Crippen molar-refractivity contribution in [2.24, 2.45) is 0 Å². The molecule has 2 heteroatoms. The molecule has 0 bridgehead atoms. The lowest BCUT2D eigenvalue weighted by Gasteiger charge is -1.91. The van der Waals surface area contributed by atoms with Crippen LogP contribution in [0.25, 0.3) is 10.9 Å². The van der Waals surface area contributed by atoms with Crippen LogP contribution in [0.1, 0.15) is 6.92 Å². The minimum absolute atomic E-state index is 1.06. The van der Waals surface area contributed by atoms with Crippen LogP contribution in [-0.2, 0) is 0 Å². The third-order valence-electron chi connectivity index (χ3n) is 1.51. The molecule has 1 aromatic carbocycles. The summed E-state index contributed by atoms with van der Waals surface area (Å²) in [5.41, 5.74) is 1.06. The van der Waals surface area contributed by atoms with E-state index in [4.69, 9.17) is 5.26 Å². The van der Waals surface area contributed by atoms with Gasteiger partial charge in [-0.25, -0.2) is 0 Å². The molecule has 0 aliphatic carbocycles. The van der Waals surface area contributed by atoms with E-state index in [0.29, 0.717) is 0 Å². The van der Waals surface area contributed by atoms with Gasteiger partial charge < -0.3 is 0 Å². The van der Waals surface area contributed by atoms with Crippen LogP contribution in [-0.4, -0.2) is 4.98 Å². The fraction of sp³-hybridized carbons (Fsp3) is 0.0909. The first-order valence-electron chi connectivity index (χ1n) is 3.99. The number of para-hydroxylation sites is 1. The van der Waals surface area contributed by atoms with Gasteiger partial charge in [0.1, 0.15) is 0 Å². The summed E-state index contributed by atoms with van der Waals surface area (Å²) in [6.45, 7) is 1.43. The van der Waals surface area contributed by atoms with Gasteiger partial charge in [-0.05, 0) is 12.1 Å². The first-order valence-corrected chi connectivity index (χ1v) is 3.99. The second kappa shape index (κ2) is 4.89. The summed E-state index contributed by atoms with van der Waals surface area (Å²) < 4.78 is 0. The van der Waals surface area contributed by atoms with Crippen LogP contribution in [0.2, 0.25) is 0 Å². The predicted octanol–water partition coefficient (Wildman–Crippen LogP) is 2.76.